The monoisotopic (exact) mass is 416 g/mol. The van der Waals surface area contributed by atoms with E-state index in [1.54, 1.807) is 31.3 Å². The number of thioether (sulfide) groups is 1. The van der Waals surface area contributed by atoms with Crippen molar-refractivity contribution in [1.29, 1.82) is 0 Å². The lowest BCUT2D eigenvalue weighted by Gasteiger charge is -2.07. The fourth-order valence-corrected chi connectivity index (χ4v) is 3.85. The number of nitrogens with zero attached hydrogens (tertiary/aromatic N) is 2. The topological polar surface area (TPSA) is 88.4 Å². The van der Waals surface area contributed by atoms with Crippen LogP contribution in [0.4, 0.5) is 5.69 Å². The van der Waals surface area contributed by atoms with Crippen LogP contribution in [0.2, 0.25) is 5.02 Å². The van der Waals surface area contributed by atoms with Gasteiger partial charge in [0, 0.05) is 7.05 Å². The van der Waals surface area contributed by atoms with Crippen LogP contribution < -0.4 is 9.47 Å². The third-order valence-electron chi connectivity index (χ3n) is 4.10. The molecule has 1 saturated heterocycles. The van der Waals surface area contributed by atoms with Crippen molar-refractivity contribution >= 4 is 52.2 Å². The molecule has 7 nitrogen and oxygen atoms in total. The third-order valence-corrected chi connectivity index (χ3v) is 5.49. The number of halogens is 1. The Balaban J connectivity index is 1.63. The molecule has 2 aliphatic heterocycles. The van der Waals surface area contributed by atoms with Gasteiger partial charge < -0.3 is 14.6 Å². The Morgan fingerprint density at radius 2 is 2.04 bits per heavy atom. The summed E-state index contributed by atoms with van der Waals surface area (Å²) in [6, 6.07) is 9.86. The Bertz CT molecular complexity index is 1070. The van der Waals surface area contributed by atoms with E-state index in [2.05, 4.69) is 4.99 Å². The van der Waals surface area contributed by atoms with Gasteiger partial charge in [0.2, 0.25) is 6.79 Å². The molecule has 0 aliphatic carbocycles. The van der Waals surface area contributed by atoms with Crippen LogP contribution in [0.15, 0.2) is 46.3 Å². The van der Waals surface area contributed by atoms with Crippen molar-refractivity contribution in [3.05, 3.63) is 57.5 Å². The largest absolute Gasteiger partial charge is 0.478 e. The molecule has 2 aromatic carbocycles. The summed E-state index contributed by atoms with van der Waals surface area (Å²) in [5, 5.41) is 9.76. The lowest BCUT2D eigenvalue weighted by molar-refractivity contribution is -0.121. The van der Waals surface area contributed by atoms with Gasteiger partial charge in [0.05, 0.1) is 21.2 Å². The first-order chi connectivity index (χ1) is 13.4. The van der Waals surface area contributed by atoms with E-state index in [1.165, 1.54) is 28.8 Å². The number of carbonyl (C=O) groups excluding carboxylic acids is 1. The standard InChI is InChI=1S/C19H13ClN2O5S/c1-22-17(23)16(7-10-2-5-14-15(6-10)27-9-26-14)28-19(22)21-11-3-4-13(20)12(8-11)18(24)25/h2-8H,9H2,1H3,(H,24,25)/b16-7+,21-19?. The average molecular weight is 417 g/mol. The van der Waals surface area contributed by atoms with Gasteiger partial charge >= 0.3 is 5.97 Å². The van der Waals surface area contributed by atoms with Crippen LogP contribution in [-0.2, 0) is 4.79 Å². The fourth-order valence-electron chi connectivity index (χ4n) is 2.66. The van der Waals surface area contributed by atoms with Gasteiger partial charge in [-0.25, -0.2) is 9.79 Å². The number of carboxylic acids is 1. The number of carbonyl (C=O) groups is 2. The van der Waals surface area contributed by atoms with Crippen LogP contribution in [0.3, 0.4) is 0 Å². The number of aliphatic imine (C=N–C) groups is 1. The van der Waals surface area contributed by atoms with E-state index in [0.717, 1.165) is 5.56 Å². The van der Waals surface area contributed by atoms with Crippen LogP contribution in [0.5, 0.6) is 11.5 Å². The molecule has 1 amide bonds. The molecule has 4 rings (SSSR count). The minimum Gasteiger partial charge on any atom is -0.478 e. The molecular weight excluding hydrogens is 404 g/mol. The molecule has 2 aromatic rings. The molecule has 2 heterocycles. The van der Waals surface area contributed by atoms with Crippen molar-refractivity contribution in [1.82, 2.24) is 4.90 Å². The first-order valence-corrected chi connectivity index (χ1v) is 9.30. The van der Waals surface area contributed by atoms with Gasteiger partial charge in [-0.3, -0.25) is 9.69 Å². The number of benzene rings is 2. The smallest absolute Gasteiger partial charge is 0.337 e. The van der Waals surface area contributed by atoms with E-state index in [-0.39, 0.29) is 23.3 Å². The van der Waals surface area contributed by atoms with Crippen LogP contribution in [0.25, 0.3) is 6.08 Å². The van der Waals surface area contributed by atoms with E-state index in [9.17, 15) is 14.7 Å². The number of likely N-dealkylation sites (N-methyl/N-ethyl adjacent to an activating group) is 1. The molecule has 1 N–H and O–H groups in total. The predicted octanol–water partition coefficient (Wildman–Crippen LogP) is 4.00. The van der Waals surface area contributed by atoms with Crippen molar-refractivity contribution in [3.8, 4) is 11.5 Å². The molecule has 9 heteroatoms. The molecule has 28 heavy (non-hydrogen) atoms. The van der Waals surface area contributed by atoms with Crippen molar-refractivity contribution in [2.24, 2.45) is 4.99 Å². The minimum atomic E-state index is -1.14. The number of amides is 1. The SMILES string of the molecule is CN1C(=O)/C(=C\c2ccc3c(c2)OCO3)SC1=Nc1ccc(Cl)c(C(=O)O)c1. The van der Waals surface area contributed by atoms with Crippen LogP contribution in [0.1, 0.15) is 15.9 Å². The van der Waals surface area contributed by atoms with Gasteiger partial charge in [-0.2, -0.15) is 0 Å². The molecule has 0 bridgehead atoms. The number of amidine groups is 1. The zero-order valence-corrected chi connectivity index (χ0v) is 16.1. The van der Waals surface area contributed by atoms with E-state index < -0.39 is 5.97 Å². The summed E-state index contributed by atoms with van der Waals surface area (Å²) in [7, 11) is 1.61. The summed E-state index contributed by atoms with van der Waals surface area (Å²) in [6.07, 6.45) is 1.75. The second-order valence-corrected chi connectivity index (χ2v) is 7.37. The number of fused-ring (bicyclic) bond motifs is 1. The van der Waals surface area contributed by atoms with Gasteiger partial charge in [-0.1, -0.05) is 17.7 Å². The van der Waals surface area contributed by atoms with E-state index in [4.69, 9.17) is 21.1 Å². The molecule has 0 aromatic heterocycles. The predicted molar refractivity (Wildman–Crippen MR) is 106 cm³/mol. The zero-order chi connectivity index (χ0) is 19.8. The van der Waals surface area contributed by atoms with Crippen LogP contribution in [-0.4, -0.2) is 40.9 Å². The van der Waals surface area contributed by atoms with E-state index >= 15 is 0 Å². The van der Waals surface area contributed by atoms with Gasteiger partial charge in [-0.05, 0) is 53.7 Å². The highest BCUT2D eigenvalue weighted by molar-refractivity contribution is 8.18. The molecular formula is C19H13ClN2O5S. The Kier molecular flexibility index (Phi) is 4.74. The maximum atomic E-state index is 12.6. The van der Waals surface area contributed by atoms with E-state index in [1.807, 2.05) is 6.07 Å². The molecule has 0 radical (unpaired) electrons. The minimum absolute atomic E-state index is 0.0448. The van der Waals surface area contributed by atoms with E-state index in [0.29, 0.717) is 27.3 Å². The normalized spacial score (nSPS) is 18.4. The third kappa shape index (κ3) is 3.44. The fraction of sp³-hybridized carbons (Fsp3) is 0.105. The van der Waals surface area contributed by atoms with Crippen molar-refractivity contribution in [2.75, 3.05) is 13.8 Å². The summed E-state index contributed by atoms with van der Waals surface area (Å²) < 4.78 is 10.6. The summed E-state index contributed by atoms with van der Waals surface area (Å²) in [5.74, 6) is -0.0360. The molecule has 2 aliphatic rings. The Morgan fingerprint density at radius 1 is 1.25 bits per heavy atom. The maximum absolute atomic E-state index is 12.6. The Labute approximate surface area is 169 Å². The van der Waals surface area contributed by atoms with Gasteiger partial charge in [0.25, 0.3) is 5.91 Å². The second kappa shape index (κ2) is 7.21. The summed E-state index contributed by atoms with van der Waals surface area (Å²) >= 11 is 7.09. The maximum Gasteiger partial charge on any atom is 0.337 e. The number of aromatic carboxylic acids is 1. The first-order valence-electron chi connectivity index (χ1n) is 8.11. The zero-order valence-electron chi connectivity index (χ0n) is 14.5. The lowest BCUT2D eigenvalue weighted by atomic mass is 10.2. The molecule has 1 fully saturated rings. The second-order valence-electron chi connectivity index (χ2n) is 5.95. The van der Waals surface area contributed by atoms with Crippen LogP contribution >= 0.6 is 23.4 Å². The summed E-state index contributed by atoms with van der Waals surface area (Å²) in [4.78, 5) is 30.1. The summed E-state index contributed by atoms with van der Waals surface area (Å²) in [5.41, 5.74) is 1.15. The number of carboxylic acid groups (broad SMARTS) is 1. The van der Waals surface area contributed by atoms with Crippen molar-refractivity contribution in [3.63, 3.8) is 0 Å². The molecule has 142 valence electrons. The van der Waals surface area contributed by atoms with Crippen molar-refractivity contribution < 1.29 is 24.2 Å². The number of ether oxygens (including phenoxy) is 2. The lowest BCUT2D eigenvalue weighted by Crippen LogP contribution is -2.23. The number of rotatable bonds is 3. The van der Waals surface area contributed by atoms with Gasteiger partial charge in [-0.15, -0.1) is 0 Å². The van der Waals surface area contributed by atoms with Gasteiger partial charge in [0.1, 0.15) is 0 Å². The number of hydrogen-bond acceptors (Lipinski definition) is 6. The Hall–Kier alpha value is -2.97. The molecule has 0 spiro atoms. The summed E-state index contributed by atoms with van der Waals surface area (Å²) in [6.45, 7) is 0.183. The quantitative estimate of drug-likeness (QED) is 0.761. The highest BCUT2D eigenvalue weighted by Gasteiger charge is 2.30. The number of hydrogen-bond donors (Lipinski definition) is 1. The highest BCUT2D eigenvalue weighted by atomic mass is 35.5. The van der Waals surface area contributed by atoms with Crippen molar-refractivity contribution in [2.45, 2.75) is 0 Å². The first kappa shape index (κ1) is 18.4. The highest BCUT2D eigenvalue weighted by Crippen LogP contribution is 2.36. The average Bonchev–Trinajstić information content (AvgIpc) is 3.23. The van der Waals surface area contributed by atoms with Gasteiger partial charge in [0.15, 0.2) is 16.7 Å². The molecule has 0 saturated carbocycles. The molecule has 0 atom stereocenters. The molecule has 0 unspecified atom stereocenters. The van der Waals surface area contributed by atoms with Crippen LogP contribution in [0, 0.1) is 0 Å². The Morgan fingerprint density at radius 3 is 2.82 bits per heavy atom.